The molecule has 0 aromatic heterocycles. The number of hydrogen-bond acceptors (Lipinski definition) is 8. The lowest BCUT2D eigenvalue weighted by molar-refractivity contribution is -0.137. The number of piperazine rings is 1. The summed E-state index contributed by atoms with van der Waals surface area (Å²) in [4.78, 5) is 29.9. The Morgan fingerprint density at radius 2 is 0.875 bits per heavy atom. The lowest BCUT2D eigenvalue weighted by atomic mass is 10.0. The molecule has 0 spiro atoms. The Morgan fingerprint density at radius 3 is 1.25 bits per heavy atom. The summed E-state index contributed by atoms with van der Waals surface area (Å²) in [6, 6.07) is -1.07. The summed E-state index contributed by atoms with van der Waals surface area (Å²) in [5, 5.41) is 46.9. The van der Waals surface area contributed by atoms with Gasteiger partial charge in [0.25, 0.3) is 0 Å². The largest absolute Gasteiger partial charge is 0.392 e. The zero-order valence-electron chi connectivity index (χ0n) is 31.3. The van der Waals surface area contributed by atoms with Crippen molar-refractivity contribution in [3.8, 4) is 0 Å². The highest BCUT2D eigenvalue weighted by Gasteiger charge is 2.32. The number of amides is 2. The second kappa shape index (κ2) is 28.4. The first-order valence-corrected chi connectivity index (χ1v) is 19.8. The standard InChI is InChI=1S/C38H76N4O6/c1-5-7-9-11-13-15-21-33(45)29-42(30-34(46)22-16-14-12-10-8-6-2)26-20-18-24-36-38(48)39-35(37(47)40-36)23-17-19-25-41(27-31(3)43)28-32(4)44/h31-36,43-46H,5-30H2,1-4H3,(H,39,48)(H,40,47)/t31?,32?,33?,34?,35-,36+/m0/s1. The number of unbranched alkanes of at least 4 members (excludes halogenated alkanes) is 12. The lowest BCUT2D eigenvalue weighted by Crippen LogP contribution is -2.61. The molecule has 1 saturated heterocycles. The normalized spacial score (nSPS) is 19.4. The van der Waals surface area contributed by atoms with Crippen molar-refractivity contribution in [3.05, 3.63) is 0 Å². The highest BCUT2D eigenvalue weighted by molar-refractivity contribution is 5.96. The van der Waals surface area contributed by atoms with E-state index in [0.717, 1.165) is 70.8 Å². The van der Waals surface area contributed by atoms with E-state index in [9.17, 15) is 30.0 Å². The lowest BCUT2D eigenvalue weighted by Gasteiger charge is -2.30. The molecule has 0 aromatic carbocycles. The van der Waals surface area contributed by atoms with E-state index in [2.05, 4.69) is 29.4 Å². The van der Waals surface area contributed by atoms with Crippen LogP contribution in [0.5, 0.6) is 0 Å². The highest BCUT2D eigenvalue weighted by atomic mass is 16.3. The molecule has 0 saturated carbocycles. The Bertz CT molecular complexity index is 767. The molecule has 48 heavy (non-hydrogen) atoms. The molecule has 4 unspecified atom stereocenters. The van der Waals surface area contributed by atoms with E-state index >= 15 is 0 Å². The molecule has 10 nitrogen and oxygen atoms in total. The fourth-order valence-corrected chi connectivity index (χ4v) is 6.81. The van der Waals surface area contributed by atoms with Crippen molar-refractivity contribution in [2.75, 3.05) is 39.3 Å². The van der Waals surface area contributed by atoms with E-state index in [-0.39, 0.29) is 11.8 Å². The summed E-state index contributed by atoms with van der Waals surface area (Å²) in [5.74, 6) is -0.272. The van der Waals surface area contributed by atoms with Gasteiger partial charge in [-0.15, -0.1) is 0 Å². The van der Waals surface area contributed by atoms with Gasteiger partial charge in [-0.25, -0.2) is 0 Å². The molecule has 6 atom stereocenters. The zero-order valence-corrected chi connectivity index (χ0v) is 31.3. The van der Waals surface area contributed by atoms with Crippen molar-refractivity contribution >= 4 is 11.8 Å². The SMILES string of the molecule is CCCCCCCCC(O)CN(CCCC[C@H]1NC(=O)[C@H](CCCCN(CC(C)O)CC(C)O)NC1=O)CC(O)CCCCCCCC. The summed E-state index contributed by atoms with van der Waals surface area (Å²) >= 11 is 0. The molecule has 1 rings (SSSR count). The molecule has 0 aromatic rings. The van der Waals surface area contributed by atoms with Crippen molar-refractivity contribution in [1.82, 2.24) is 20.4 Å². The van der Waals surface area contributed by atoms with Crippen LogP contribution in [-0.2, 0) is 9.59 Å². The van der Waals surface area contributed by atoms with Crippen LogP contribution < -0.4 is 10.6 Å². The summed E-state index contributed by atoms with van der Waals surface area (Å²) in [6.45, 7) is 11.4. The van der Waals surface area contributed by atoms with Crippen LogP contribution in [0, 0.1) is 0 Å². The Balaban J connectivity index is 2.47. The molecule has 0 radical (unpaired) electrons. The predicted molar refractivity (Wildman–Crippen MR) is 196 cm³/mol. The topological polar surface area (TPSA) is 146 Å². The zero-order chi connectivity index (χ0) is 35.6. The molecule has 0 aliphatic carbocycles. The fraction of sp³-hybridized carbons (Fsp3) is 0.947. The minimum absolute atomic E-state index is 0.134. The summed E-state index contributed by atoms with van der Waals surface area (Å²) in [6.07, 6.45) is 18.4. The summed E-state index contributed by atoms with van der Waals surface area (Å²) < 4.78 is 0. The van der Waals surface area contributed by atoms with Gasteiger partial charge in [-0.3, -0.25) is 19.4 Å². The molecule has 0 bridgehead atoms. The molecule has 1 aliphatic heterocycles. The number of carbonyl (C=O) groups excluding carboxylic acids is 2. The average molecular weight is 685 g/mol. The second-order valence-electron chi connectivity index (χ2n) is 14.8. The Labute approximate surface area is 293 Å². The maximum Gasteiger partial charge on any atom is 0.243 e. The second-order valence-corrected chi connectivity index (χ2v) is 14.8. The molecular weight excluding hydrogens is 608 g/mol. The maximum atomic E-state index is 12.9. The first kappa shape index (κ1) is 44.7. The molecule has 6 N–H and O–H groups in total. The maximum absolute atomic E-state index is 12.9. The van der Waals surface area contributed by atoms with Gasteiger partial charge in [-0.2, -0.15) is 0 Å². The van der Waals surface area contributed by atoms with Crippen molar-refractivity contribution in [2.45, 2.75) is 193 Å². The van der Waals surface area contributed by atoms with Gasteiger partial charge < -0.3 is 31.1 Å². The van der Waals surface area contributed by atoms with Crippen molar-refractivity contribution in [2.24, 2.45) is 0 Å². The third-order valence-corrected chi connectivity index (χ3v) is 9.46. The highest BCUT2D eigenvalue weighted by Crippen LogP contribution is 2.15. The van der Waals surface area contributed by atoms with Crippen LogP contribution >= 0.6 is 0 Å². The van der Waals surface area contributed by atoms with E-state index < -0.39 is 36.5 Å². The van der Waals surface area contributed by atoms with Gasteiger partial charge in [-0.1, -0.05) is 90.9 Å². The van der Waals surface area contributed by atoms with E-state index in [0.29, 0.717) is 45.6 Å². The average Bonchev–Trinajstić information content (AvgIpc) is 3.02. The van der Waals surface area contributed by atoms with Crippen molar-refractivity contribution in [1.29, 1.82) is 0 Å². The van der Waals surface area contributed by atoms with E-state index in [1.54, 1.807) is 13.8 Å². The molecule has 1 fully saturated rings. The van der Waals surface area contributed by atoms with Gasteiger partial charge in [0, 0.05) is 26.2 Å². The van der Waals surface area contributed by atoms with Crippen LogP contribution in [0.1, 0.15) is 156 Å². The van der Waals surface area contributed by atoms with Crippen LogP contribution in [-0.4, -0.2) is 118 Å². The number of nitrogens with zero attached hydrogens (tertiary/aromatic N) is 2. The number of aliphatic hydroxyl groups is 4. The Morgan fingerprint density at radius 1 is 0.521 bits per heavy atom. The van der Waals surface area contributed by atoms with E-state index in [1.165, 1.54) is 51.4 Å². The Hall–Kier alpha value is -1.30. The molecular formula is C38H76N4O6. The molecule has 10 heteroatoms. The van der Waals surface area contributed by atoms with E-state index in [1.807, 2.05) is 4.90 Å². The number of hydrogen-bond donors (Lipinski definition) is 6. The van der Waals surface area contributed by atoms with Crippen LogP contribution in [0.2, 0.25) is 0 Å². The van der Waals surface area contributed by atoms with Gasteiger partial charge >= 0.3 is 0 Å². The van der Waals surface area contributed by atoms with Gasteiger partial charge in [0.2, 0.25) is 11.8 Å². The third kappa shape index (κ3) is 23.2. The van der Waals surface area contributed by atoms with Crippen molar-refractivity contribution in [3.63, 3.8) is 0 Å². The number of rotatable bonds is 32. The summed E-state index contributed by atoms with van der Waals surface area (Å²) in [5.41, 5.74) is 0. The van der Waals surface area contributed by atoms with E-state index in [4.69, 9.17) is 0 Å². The van der Waals surface area contributed by atoms with Crippen LogP contribution in [0.25, 0.3) is 0 Å². The van der Waals surface area contributed by atoms with Gasteiger partial charge in [0.05, 0.1) is 24.4 Å². The minimum atomic E-state index is -0.536. The van der Waals surface area contributed by atoms with Gasteiger partial charge in [-0.05, 0) is 78.3 Å². The van der Waals surface area contributed by atoms with Crippen LogP contribution in [0.3, 0.4) is 0 Å². The van der Waals surface area contributed by atoms with Gasteiger partial charge in [0.1, 0.15) is 12.1 Å². The quantitative estimate of drug-likeness (QED) is 0.0549. The third-order valence-electron chi connectivity index (χ3n) is 9.46. The smallest absolute Gasteiger partial charge is 0.243 e. The predicted octanol–water partition coefficient (Wildman–Crippen LogP) is 4.90. The monoisotopic (exact) mass is 685 g/mol. The van der Waals surface area contributed by atoms with Crippen molar-refractivity contribution < 1.29 is 30.0 Å². The molecule has 284 valence electrons. The molecule has 2 amide bonds. The minimum Gasteiger partial charge on any atom is -0.392 e. The van der Waals surface area contributed by atoms with Gasteiger partial charge in [0.15, 0.2) is 0 Å². The Kier molecular flexibility index (Phi) is 26.5. The molecule has 1 heterocycles. The van der Waals surface area contributed by atoms with Crippen LogP contribution in [0.4, 0.5) is 0 Å². The first-order valence-electron chi connectivity index (χ1n) is 19.8. The summed E-state index contributed by atoms with van der Waals surface area (Å²) in [7, 11) is 0. The number of carbonyl (C=O) groups is 2. The van der Waals surface area contributed by atoms with Crippen LogP contribution in [0.15, 0.2) is 0 Å². The number of aliphatic hydroxyl groups excluding tert-OH is 4. The molecule has 1 aliphatic rings. The first-order chi connectivity index (χ1) is 23.0. The number of nitrogens with one attached hydrogen (secondary N) is 2. The fourth-order valence-electron chi connectivity index (χ4n) is 6.81.